The molecule has 4 nitrogen and oxygen atoms in total. The van der Waals surface area contributed by atoms with Crippen molar-refractivity contribution in [3.63, 3.8) is 0 Å². The van der Waals surface area contributed by atoms with Crippen LogP contribution in [-0.4, -0.2) is 44.6 Å². The first-order valence-corrected chi connectivity index (χ1v) is 6.78. The lowest BCUT2D eigenvalue weighted by Crippen LogP contribution is -2.44. The van der Waals surface area contributed by atoms with Gasteiger partial charge in [-0.05, 0) is 30.4 Å². The van der Waals surface area contributed by atoms with Crippen molar-refractivity contribution in [2.24, 2.45) is 0 Å². The number of para-hydroxylation sites is 1. The monoisotopic (exact) mass is 265 g/mol. The summed E-state index contributed by atoms with van der Waals surface area (Å²) in [5, 5.41) is 12.9. The van der Waals surface area contributed by atoms with Gasteiger partial charge in [-0.3, -0.25) is 0 Å². The number of nitrogens with one attached hydrogen (secondary N) is 1. The molecule has 106 valence electrons. The molecule has 1 aliphatic carbocycles. The molecule has 1 fully saturated rings. The third-order valence-corrected chi connectivity index (χ3v) is 3.72. The topological polar surface area (TPSA) is 50.7 Å². The summed E-state index contributed by atoms with van der Waals surface area (Å²) in [6.07, 6.45) is 1.77. The van der Waals surface area contributed by atoms with Crippen molar-refractivity contribution in [2.75, 3.05) is 27.4 Å². The summed E-state index contributed by atoms with van der Waals surface area (Å²) < 4.78 is 10.3. The molecule has 0 aromatic heterocycles. The maximum Gasteiger partial charge on any atom is 0.122 e. The van der Waals surface area contributed by atoms with E-state index >= 15 is 0 Å². The Kier molecular flexibility index (Phi) is 5.19. The fourth-order valence-electron chi connectivity index (χ4n) is 2.60. The Morgan fingerprint density at radius 1 is 1.32 bits per heavy atom. The fraction of sp³-hybridized carbons (Fsp3) is 0.600. The molecule has 2 rings (SSSR count). The molecule has 1 aliphatic rings. The van der Waals surface area contributed by atoms with Gasteiger partial charge in [-0.15, -0.1) is 0 Å². The molecule has 0 bridgehead atoms. The molecular formula is C15H23NO3. The van der Waals surface area contributed by atoms with Gasteiger partial charge in [0, 0.05) is 19.7 Å². The zero-order valence-electron chi connectivity index (χ0n) is 11.6. The molecule has 0 aliphatic heterocycles. The van der Waals surface area contributed by atoms with Crippen LogP contribution in [0.2, 0.25) is 0 Å². The molecule has 0 heterocycles. The second-order valence-corrected chi connectivity index (χ2v) is 5.12. The van der Waals surface area contributed by atoms with Crippen LogP contribution in [0.5, 0.6) is 5.75 Å². The van der Waals surface area contributed by atoms with Gasteiger partial charge in [-0.2, -0.15) is 0 Å². The first-order valence-electron chi connectivity index (χ1n) is 6.78. The number of hydrogen-bond donors (Lipinski definition) is 2. The van der Waals surface area contributed by atoms with Gasteiger partial charge in [-0.25, -0.2) is 0 Å². The maximum atomic E-state index is 9.58. The van der Waals surface area contributed by atoms with Gasteiger partial charge in [-0.1, -0.05) is 18.2 Å². The number of aliphatic hydroxyl groups excluding tert-OH is 1. The zero-order chi connectivity index (χ0) is 13.7. The highest BCUT2D eigenvalue weighted by Crippen LogP contribution is 2.40. The van der Waals surface area contributed by atoms with E-state index in [4.69, 9.17) is 9.47 Å². The Balaban J connectivity index is 1.77. The highest BCUT2D eigenvalue weighted by Gasteiger charge is 2.31. The molecular weight excluding hydrogens is 242 g/mol. The lowest BCUT2D eigenvalue weighted by molar-refractivity contribution is 0.0596. The summed E-state index contributed by atoms with van der Waals surface area (Å²) in [6, 6.07) is 8.69. The lowest BCUT2D eigenvalue weighted by atomic mass is 9.75. The highest BCUT2D eigenvalue weighted by atomic mass is 16.5. The smallest absolute Gasteiger partial charge is 0.122 e. The second-order valence-electron chi connectivity index (χ2n) is 5.12. The molecule has 1 aromatic rings. The standard InChI is InChI=1S/C15H23NO3/c1-18-10-13(17)9-16-12-7-11(8-12)14-5-3-4-6-15(14)19-2/h3-6,11-13,16-17H,7-10H2,1-2H3. The van der Waals surface area contributed by atoms with Crippen LogP contribution in [0.15, 0.2) is 24.3 Å². The molecule has 0 amide bonds. The van der Waals surface area contributed by atoms with Crippen molar-refractivity contribution >= 4 is 0 Å². The summed E-state index contributed by atoms with van der Waals surface area (Å²) in [7, 11) is 3.32. The van der Waals surface area contributed by atoms with E-state index in [-0.39, 0.29) is 0 Å². The highest BCUT2D eigenvalue weighted by molar-refractivity contribution is 5.37. The van der Waals surface area contributed by atoms with Crippen LogP contribution < -0.4 is 10.1 Å². The third-order valence-electron chi connectivity index (χ3n) is 3.72. The van der Waals surface area contributed by atoms with E-state index in [1.165, 1.54) is 5.56 Å². The minimum atomic E-state index is -0.421. The number of aliphatic hydroxyl groups is 1. The Hall–Kier alpha value is -1.10. The van der Waals surface area contributed by atoms with Crippen molar-refractivity contribution in [1.29, 1.82) is 0 Å². The Morgan fingerprint density at radius 2 is 2.05 bits per heavy atom. The van der Waals surface area contributed by atoms with Crippen LogP contribution in [0.25, 0.3) is 0 Å². The van der Waals surface area contributed by atoms with E-state index in [0.29, 0.717) is 25.1 Å². The minimum Gasteiger partial charge on any atom is -0.496 e. The van der Waals surface area contributed by atoms with Crippen molar-refractivity contribution in [1.82, 2.24) is 5.32 Å². The van der Waals surface area contributed by atoms with Crippen LogP contribution in [0.1, 0.15) is 24.3 Å². The normalized spacial score (nSPS) is 23.7. The molecule has 19 heavy (non-hydrogen) atoms. The van der Waals surface area contributed by atoms with Gasteiger partial charge >= 0.3 is 0 Å². The molecule has 0 spiro atoms. The largest absolute Gasteiger partial charge is 0.496 e. The first kappa shape index (κ1) is 14.3. The number of methoxy groups -OCH3 is 2. The molecule has 1 saturated carbocycles. The maximum absolute atomic E-state index is 9.58. The first-order chi connectivity index (χ1) is 9.24. The van der Waals surface area contributed by atoms with Crippen molar-refractivity contribution in [3.05, 3.63) is 29.8 Å². The number of benzene rings is 1. The molecule has 4 heteroatoms. The molecule has 1 aromatic carbocycles. The SMILES string of the molecule is COCC(O)CNC1CC(c2ccccc2OC)C1. The lowest BCUT2D eigenvalue weighted by Gasteiger charge is -2.37. The average molecular weight is 265 g/mol. The van der Waals surface area contributed by atoms with Gasteiger partial charge in [0.15, 0.2) is 0 Å². The van der Waals surface area contributed by atoms with E-state index in [2.05, 4.69) is 17.4 Å². The number of hydrogen-bond acceptors (Lipinski definition) is 4. The van der Waals surface area contributed by atoms with E-state index in [0.717, 1.165) is 18.6 Å². The van der Waals surface area contributed by atoms with Gasteiger partial charge < -0.3 is 19.9 Å². The molecule has 2 N–H and O–H groups in total. The van der Waals surface area contributed by atoms with E-state index in [9.17, 15) is 5.11 Å². The summed E-state index contributed by atoms with van der Waals surface area (Å²) in [5.41, 5.74) is 1.29. The van der Waals surface area contributed by atoms with Gasteiger partial charge in [0.05, 0.1) is 19.8 Å². The Bertz CT molecular complexity index is 391. The quantitative estimate of drug-likeness (QED) is 0.785. The van der Waals surface area contributed by atoms with Crippen molar-refractivity contribution < 1.29 is 14.6 Å². The average Bonchev–Trinajstić information content (AvgIpc) is 2.37. The molecule has 0 saturated heterocycles. The zero-order valence-corrected chi connectivity index (χ0v) is 11.6. The van der Waals surface area contributed by atoms with E-state index < -0.39 is 6.10 Å². The van der Waals surface area contributed by atoms with Crippen LogP contribution in [-0.2, 0) is 4.74 Å². The molecule has 1 unspecified atom stereocenters. The fourth-order valence-corrected chi connectivity index (χ4v) is 2.60. The third kappa shape index (κ3) is 3.69. The van der Waals surface area contributed by atoms with E-state index in [1.54, 1.807) is 14.2 Å². The Labute approximate surface area is 114 Å². The van der Waals surface area contributed by atoms with E-state index in [1.807, 2.05) is 12.1 Å². The molecule has 0 radical (unpaired) electrons. The number of rotatable bonds is 7. The predicted molar refractivity (Wildman–Crippen MR) is 74.6 cm³/mol. The van der Waals surface area contributed by atoms with Gasteiger partial charge in [0.25, 0.3) is 0 Å². The van der Waals surface area contributed by atoms with Crippen molar-refractivity contribution in [2.45, 2.75) is 30.9 Å². The molecule has 1 atom stereocenters. The van der Waals surface area contributed by atoms with Crippen LogP contribution in [0.3, 0.4) is 0 Å². The van der Waals surface area contributed by atoms with Crippen LogP contribution in [0, 0.1) is 0 Å². The van der Waals surface area contributed by atoms with Crippen LogP contribution >= 0.6 is 0 Å². The summed E-state index contributed by atoms with van der Waals surface area (Å²) in [5.74, 6) is 1.54. The minimum absolute atomic E-state index is 0.385. The van der Waals surface area contributed by atoms with Crippen LogP contribution in [0.4, 0.5) is 0 Å². The second kappa shape index (κ2) is 6.89. The summed E-state index contributed by atoms with van der Waals surface area (Å²) >= 11 is 0. The van der Waals surface area contributed by atoms with Gasteiger partial charge in [0.1, 0.15) is 5.75 Å². The Morgan fingerprint density at radius 3 is 2.74 bits per heavy atom. The van der Waals surface area contributed by atoms with Crippen molar-refractivity contribution in [3.8, 4) is 5.75 Å². The number of ether oxygens (including phenoxy) is 2. The van der Waals surface area contributed by atoms with Gasteiger partial charge in [0.2, 0.25) is 0 Å². The predicted octanol–water partition coefficient (Wildman–Crippen LogP) is 1.54. The summed E-state index contributed by atoms with van der Waals surface area (Å²) in [4.78, 5) is 0. The summed E-state index contributed by atoms with van der Waals surface area (Å²) in [6.45, 7) is 0.979.